The fourth-order valence-corrected chi connectivity index (χ4v) is 2.88. The third kappa shape index (κ3) is 4.06. The van der Waals surface area contributed by atoms with Crippen LogP contribution in [0.1, 0.15) is 37.3 Å². The smallest absolute Gasteiger partial charge is 0.317 e. The maximum Gasteiger partial charge on any atom is 0.317 e. The van der Waals surface area contributed by atoms with Gasteiger partial charge in [-0.1, -0.05) is 31.2 Å². The molecule has 1 N–H and O–H groups in total. The molecule has 0 unspecified atom stereocenters. The molecular formula is C16H23NO2. The van der Waals surface area contributed by atoms with Gasteiger partial charge >= 0.3 is 5.97 Å². The van der Waals surface area contributed by atoms with Crippen LogP contribution in [-0.2, 0) is 17.6 Å². The van der Waals surface area contributed by atoms with Crippen LogP contribution in [0.2, 0.25) is 0 Å². The number of carboxylic acids is 1. The Labute approximate surface area is 115 Å². The van der Waals surface area contributed by atoms with Gasteiger partial charge in [0.2, 0.25) is 0 Å². The normalized spacial score (nSPS) is 19.7. The minimum Gasteiger partial charge on any atom is -0.480 e. The van der Waals surface area contributed by atoms with Gasteiger partial charge in [0.15, 0.2) is 0 Å². The molecule has 1 aliphatic rings. The van der Waals surface area contributed by atoms with E-state index in [0.29, 0.717) is 6.04 Å². The van der Waals surface area contributed by atoms with E-state index in [1.165, 1.54) is 11.1 Å². The molecule has 0 amide bonds. The number of hydrogen-bond donors (Lipinski definition) is 1. The summed E-state index contributed by atoms with van der Waals surface area (Å²) in [4.78, 5) is 12.9. The summed E-state index contributed by atoms with van der Waals surface area (Å²) in [6.07, 6.45) is 5.46. The summed E-state index contributed by atoms with van der Waals surface area (Å²) < 4.78 is 0. The number of aryl methyl sites for hydroxylation is 2. The van der Waals surface area contributed by atoms with E-state index < -0.39 is 5.97 Å². The summed E-state index contributed by atoms with van der Waals surface area (Å²) in [6.45, 7) is 3.29. The summed E-state index contributed by atoms with van der Waals surface area (Å²) >= 11 is 0. The van der Waals surface area contributed by atoms with E-state index in [-0.39, 0.29) is 6.54 Å². The number of carboxylic acid groups (broad SMARTS) is 1. The van der Waals surface area contributed by atoms with Gasteiger partial charge in [-0.15, -0.1) is 0 Å². The Bertz CT molecular complexity index is 413. The Morgan fingerprint density at radius 2 is 2.00 bits per heavy atom. The Morgan fingerprint density at radius 1 is 1.32 bits per heavy atom. The van der Waals surface area contributed by atoms with Crippen molar-refractivity contribution in [2.75, 3.05) is 13.1 Å². The maximum absolute atomic E-state index is 10.8. The minimum absolute atomic E-state index is 0.194. The van der Waals surface area contributed by atoms with Gasteiger partial charge in [0.1, 0.15) is 0 Å². The first kappa shape index (κ1) is 14.1. The molecule has 1 fully saturated rings. The maximum atomic E-state index is 10.8. The molecule has 1 aromatic carbocycles. The van der Waals surface area contributed by atoms with E-state index in [1.807, 2.05) is 0 Å². The van der Waals surface area contributed by atoms with Crippen LogP contribution < -0.4 is 0 Å². The molecule has 1 aliphatic heterocycles. The molecule has 19 heavy (non-hydrogen) atoms. The highest BCUT2D eigenvalue weighted by atomic mass is 16.4. The van der Waals surface area contributed by atoms with Gasteiger partial charge in [-0.3, -0.25) is 9.69 Å². The SMILES string of the molecule is CCc1ccc(CC[C@@H]2CCCN2CC(=O)O)cc1. The van der Waals surface area contributed by atoms with E-state index >= 15 is 0 Å². The average Bonchev–Trinajstić information content (AvgIpc) is 2.83. The summed E-state index contributed by atoms with van der Waals surface area (Å²) in [5, 5.41) is 8.89. The zero-order valence-electron chi connectivity index (χ0n) is 11.6. The van der Waals surface area contributed by atoms with Crippen molar-refractivity contribution in [3.05, 3.63) is 35.4 Å². The van der Waals surface area contributed by atoms with Gasteiger partial charge in [-0.05, 0) is 49.8 Å². The number of nitrogens with zero attached hydrogens (tertiary/aromatic N) is 1. The molecule has 1 aromatic rings. The first-order valence-electron chi connectivity index (χ1n) is 7.22. The van der Waals surface area contributed by atoms with Gasteiger partial charge in [0.05, 0.1) is 6.54 Å². The van der Waals surface area contributed by atoms with Crippen LogP contribution in [0.25, 0.3) is 0 Å². The molecule has 1 atom stereocenters. The van der Waals surface area contributed by atoms with Crippen molar-refractivity contribution in [3.8, 4) is 0 Å². The predicted molar refractivity (Wildman–Crippen MR) is 76.4 cm³/mol. The standard InChI is InChI=1S/C16H23NO2/c1-2-13-5-7-14(8-6-13)9-10-15-4-3-11-17(15)12-16(18)19/h5-8,15H,2-4,9-12H2,1H3,(H,18,19)/t15-/m0/s1. The molecule has 3 heteroatoms. The van der Waals surface area contributed by atoms with Crippen LogP contribution in [0.15, 0.2) is 24.3 Å². The molecule has 0 bridgehead atoms. The van der Waals surface area contributed by atoms with Crippen molar-refractivity contribution in [3.63, 3.8) is 0 Å². The van der Waals surface area contributed by atoms with Crippen molar-refractivity contribution in [1.29, 1.82) is 0 Å². The van der Waals surface area contributed by atoms with E-state index in [4.69, 9.17) is 5.11 Å². The molecule has 1 saturated heterocycles. The van der Waals surface area contributed by atoms with Crippen LogP contribution in [0, 0.1) is 0 Å². The lowest BCUT2D eigenvalue weighted by molar-refractivity contribution is -0.138. The first-order chi connectivity index (χ1) is 9.19. The second-order valence-electron chi connectivity index (χ2n) is 5.37. The van der Waals surface area contributed by atoms with Crippen molar-refractivity contribution >= 4 is 5.97 Å². The van der Waals surface area contributed by atoms with Gasteiger partial charge < -0.3 is 5.11 Å². The number of rotatable bonds is 6. The Hall–Kier alpha value is -1.35. The third-order valence-electron chi connectivity index (χ3n) is 4.03. The third-order valence-corrected chi connectivity index (χ3v) is 4.03. The Balaban J connectivity index is 1.85. The second kappa shape index (κ2) is 6.71. The van der Waals surface area contributed by atoms with E-state index in [9.17, 15) is 4.79 Å². The number of carbonyl (C=O) groups is 1. The lowest BCUT2D eigenvalue weighted by Gasteiger charge is -2.22. The highest BCUT2D eigenvalue weighted by Crippen LogP contribution is 2.21. The zero-order chi connectivity index (χ0) is 13.7. The van der Waals surface area contributed by atoms with Crippen molar-refractivity contribution in [2.45, 2.75) is 45.1 Å². The minimum atomic E-state index is -0.709. The lowest BCUT2D eigenvalue weighted by Crippen LogP contribution is -2.34. The Morgan fingerprint density at radius 3 is 2.63 bits per heavy atom. The average molecular weight is 261 g/mol. The van der Waals surface area contributed by atoms with Crippen molar-refractivity contribution < 1.29 is 9.90 Å². The van der Waals surface area contributed by atoms with Crippen molar-refractivity contribution in [1.82, 2.24) is 4.90 Å². The summed E-state index contributed by atoms with van der Waals surface area (Å²) in [5.41, 5.74) is 2.73. The molecule has 0 aliphatic carbocycles. The van der Waals surface area contributed by atoms with Gasteiger partial charge in [0, 0.05) is 6.04 Å². The number of benzene rings is 1. The molecular weight excluding hydrogens is 238 g/mol. The monoisotopic (exact) mass is 261 g/mol. The number of aliphatic carboxylic acids is 1. The van der Waals surface area contributed by atoms with Crippen LogP contribution >= 0.6 is 0 Å². The fraction of sp³-hybridized carbons (Fsp3) is 0.562. The highest BCUT2D eigenvalue weighted by molar-refractivity contribution is 5.69. The lowest BCUT2D eigenvalue weighted by atomic mass is 10.0. The summed E-state index contributed by atoms with van der Waals surface area (Å²) in [7, 11) is 0. The largest absolute Gasteiger partial charge is 0.480 e. The molecule has 2 rings (SSSR count). The molecule has 0 saturated carbocycles. The number of hydrogen-bond acceptors (Lipinski definition) is 2. The van der Waals surface area contributed by atoms with Crippen LogP contribution in [0.5, 0.6) is 0 Å². The first-order valence-corrected chi connectivity index (χ1v) is 7.22. The molecule has 0 spiro atoms. The molecule has 0 radical (unpaired) electrons. The molecule has 104 valence electrons. The quantitative estimate of drug-likeness (QED) is 0.856. The molecule has 0 aromatic heterocycles. The van der Waals surface area contributed by atoms with E-state index in [0.717, 1.165) is 38.6 Å². The van der Waals surface area contributed by atoms with E-state index in [1.54, 1.807) is 0 Å². The summed E-state index contributed by atoms with van der Waals surface area (Å²) in [6, 6.07) is 9.24. The van der Waals surface area contributed by atoms with Crippen molar-refractivity contribution in [2.24, 2.45) is 0 Å². The molecule has 3 nitrogen and oxygen atoms in total. The van der Waals surface area contributed by atoms with Crippen LogP contribution in [0.4, 0.5) is 0 Å². The fourth-order valence-electron chi connectivity index (χ4n) is 2.88. The topological polar surface area (TPSA) is 40.5 Å². The van der Waals surface area contributed by atoms with Gasteiger partial charge in [-0.25, -0.2) is 0 Å². The summed E-state index contributed by atoms with van der Waals surface area (Å²) in [5.74, 6) is -0.709. The second-order valence-corrected chi connectivity index (χ2v) is 5.37. The van der Waals surface area contributed by atoms with Crippen LogP contribution in [-0.4, -0.2) is 35.1 Å². The predicted octanol–water partition coefficient (Wildman–Crippen LogP) is 2.73. The Kier molecular flexibility index (Phi) is 4.97. The zero-order valence-corrected chi connectivity index (χ0v) is 11.6. The highest BCUT2D eigenvalue weighted by Gasteiger charge is 2.25. The molecule has 1 heterocycles. The van der Waals surface area contributed by atoms with Gasteiger partial charge in [0.25, 0.3) is 0 Å². The van der Waals surface area contributed by atoms with E-state index in [2.05, 4.69) is 36.1 Å². The van der Waals surface area contributed by atoms with Gasteiger partial charge in [-0.2, -0.15) is 0 Å². The van der Waals surface area contributed by atoms with Crippen LogP contribution in [0.3, 0.4) is 0 Å². The number of likely N-dealkylation sites (tertiary alicyclic amines) is 1.